The van der Waals surface area contributed by atoms with Gasteiger partial charge in [0.05, 0.1) is 0 Å². The second kappa shape index (κ2) is 11.4. The van der Waals surface area contributed by atoms with Crippen molar-refractivity contribution in [3.63, 3.8) is 0 Å². The average molecular weight is 649 g/mol. The standard InChI is InChI=1S/C51H36/c1-51(2)46-29-27-34-16-6-7-21-40(34)50(46)45-28-26-37(32-47(45)51)36-18-13-20-39(31-36)49-43-24-10-8-22-41(43)48(42-23-9-11-25-44(42)49)38-19-12-17-35(30-38)33-14-4-3-5-15-33/h3-32H,1-2H3. The average Bonchev–Trinajstić information content (AvgIpc) is 3.43. The van der Waals surface area contributed by atoms with Gasteiger partial charge >= 0.3 is 0 Å². The number of rotatable bonds is 4. The Kier molecular flexibility index (Phi) is 6.63. The van der Waals surface area contributed by atoms with Crippen LogP contribution in [-0.2, 0) is 5.41 Å². The second-order valence-electron chi connectivity index (χ2n) is 14.5. The Morgan fingerprint density at radius 1 is 0.294 bits per heavy atom. The fraction of sp³-hybridized carbons (Fsp3) is 0.0588. The molecule has 0 N–H and O–H groups in total. The van der Waals surface area contributed by atoms with Crippen molar-refractivity contribution in [2.24, 2.45) is 0 Å². The molecular formula is C51H36. The van der Waals surface area contributed by atoms with Crippen LogP contribution in [0.5, 0.6) is 0 Å². The molecule has 9 aromatic carbocycles. The SMILES string of the molecule is CC1(C)c2cc(-c3cccc(-c4c5ccccc5c(-c5cccc(-c6ccccc6)c5)c5ccccc45)c3)ccc2-c2c1ccc1ccccc21. The van der Waals surface area contributed by atoms with Crippen LogP contribution in [0, 0.1) is 0 Å². The zero-order valence-corrected chi connectivity index (χ0v) is 28.8. The summed E-state index contributed by atoms with van der Waals surface area (Å²) < 4.78 is 0. The van der Waals surface area contributed by atoms with Gasteiger partial charge in [0, 0.05) is 5.41 Å². The van der Waals surface area contributed by atoms with Crippen LogP contribution in [0.15, 0.2) is 182 Å². The van der Waals surface area contributed by atoms with Crippen molar-refractivity contribution in [2.75, 3.05) is 0 Å². The first-order valence-corrected chi connectivity index (χ1v) is 17.9. The molecule has 9 aromatic rings. The minimum absolute atomic E-state index is 0.0810. The normalized spacial score (nSPS) is 13.1. The minimum Gasteiger partial charge on any atom is -0.0622 e. The van der Waals surface area contributed by atoms with E-state index >= 15 is 0 Å². The van der Waals surface area contributed by atoms with Gasteiger partial charge in [0.15, 0.2) is 0 Å². The Morgan fingerprint density at radius 2 is 0.765 bits per heavy atom. The summed E-state index contributed by atoms with van der Waals surface area (Å²) in [6.07, 6.45) is 0. The zero-order valence-electron chi connectivity index (χ0n) is 28.8. The molecule has 0 aliphatic heterocycles. The van der Waals surface area contributed by atoms with Gasteiger partial charge in [-0.15, -0.1) is 0 Å². The van der Waals surface area contributed by atoms with E-state index in [4.69, 9.17) is 0 Å². The van der Waals surface area contributed by atoms with Crippen molar-refractivity contribution < 1.29 is 0 Å². The summed E-state index contributed by atoms with van der Waals surface area (Å²) in [5.74, 6) is 0. The molecule has 240 valence electrons. The quantitative estimate of drug-likeness (QED) is 0.167. The molecule has 0 unspecified atom stereocenters. The highest BCUT2D eigenvalue weighted by Gasteiger charge is 2.36. The lowest BCUT2D eigenvalue weighted by Crippen LogP contribution is -2.15. The molecule has 0 spiro atoms. The second-order valence-corrected chi connectivity index (χ2v) is 14.5. The van der Waals surface area contributed by atoms with E-state index in [2.05, 4.69) is 196 Å². The molecule has 0 saturated heterocycles. The molecule has 0 heterocycles. The molecule has 0 saturated carbocycles. The topological polar surface area (TPSA) is 0 Å². The van der Waals surface area contributed by atoms with Gasteiger partial charge in [-0.05, 0) is 117 Å². The van der Waals surface area contributed by atoms with Gasteiger partial charge in [0.2, 0.25) is 0 Å². The number of fused-ring (bicyclic) bond motifs is 7. The minimum atomic E-state index is -0.0810. The molecule has 10 rings (SSSR count). The Morgan fingerprint density at radius 3 is 1.37 bits per heavy atom. The van der Waals surface area contributed by atoms with Gasteiger partial charge in [-0.25, -0.2) is 0 Å². The molecule has 51 heavy (non-hydrogen) atoms. The fourth-order valence-electron chi connectivity index (χ4n) is 8.78. The summed E-state index contributed by atoms with van der Waals surface area (Å²) in [5, 5.41) is 7.71. The van der Waals surface area contributed by atoms with Crippen LogP contribution in [0.2, 0.25) is 0 Å². The molecule has 0 atom stereocenters. The molecule has 1 aliphatic carbocycles. The highest BCUT2D eigenvalue weighted by molar-refractivity contribution is 6.21. The van der Waals surface area contributed by atoms with Crippen LogP contribution in [-0.4, -0.2) is 0 Å². The van der Waals surface area contributed by atoms with E-state index in [1.54, 1.807) is 0 Å². The fourth-order valence-corrected chi connectivity index (χ4v) is 8.78. The van der Waals surface area contributed by atoms with E-state index < -0.39 is 0 Å². The lowest BCUT2D eigenvalue weighted by Gasteiger charge is -2.22. The van der Waals surface area contributed by atoms with Gasteiger partial charge in [-0.1, -0.05) is 178 Å². The van der Waals surface area contributed by atoms with Crippen LogP contribution < -0.4 is 0 Å². The van der Waals surface area contributed by atoms with Crippen LogP contribution >= 0.6 is 0 Å². The Balaban J connectivity index is 1.14. The van der Waals surface area contributed by atoms with Crippen LogP contribution in [0.25, 0.3) is 88.0 Å². The van der Waals surface area contributed by atoms with Crippen molar-refractivity contribution in [1.82, 2.24) is 0 Å². The highest BCUT2D eigenvalue weighted by atomic mass is 14.4. The van der Waals surface area contributed by atoms with Crippen LogP contribution in [0.4, 0.5) is 0 Å². The van der Waals surface area contributed by atoms with Crippen molar-refractivity contribution in [3.8, 4) is 55.6 Å². The van der Waals surface area contributed by atoms with E-state index in [0.29, 0.717) is 0 Å². The van der Waals surface area contributed by atoms with Crippen LogP contribution in [0.3, 0.4) is 0 Å². The summed E-state index contributed by atoms with van der Waals surface area (Å²) in [6, 6.07) is 67.3. The molecule has 0 nitrogen and oxygen atoms in total. The first kappa shape index (κ1) is 29.7. The summed E-state index contributed by atoms with van der Waals surface area (Å²) in [5.41, 5.74) is 15.5. The van der Waals surface area contributed by atoms with Crippen molar-refractivity contribution in [1.29, 1.82) is 0 Å². The van der Waals surface area contributed by atoms with Crippen LogP contribution in [0.1, 0.15) is 25.0 Å². The largest absolute Gasteiger partial charge is 0.0622 e. The third-order valence-corrected chi connectivity index (χ3v) is 11.2. The van der Waals surface area contributed by atoms with E-state index in [-0.39, 0.29) is 5.41 Å². The van der Waals surface area contributed by atoms with Gasteiger partial charge < -0.3 is 0 Å². The molecule has 0 bridgehead atoms. The molecule has 0 heteroatoms. The predicted molar refractivity (Wildman–Crippen MR) is 218 cm³/mol. The molecule has 1 aliphatic rings. The lowest BCUT2D eigenvalue weighted by atomic mass is 9.81. The third-order valence-electron chi connectivity index (χ3n) is 11.2. The molecule has 0 amide bonds. The Hall–Kier alpha value is -6.24. The maximum absolute atomic E-state index is 2.45. The number of hydrogen-bond acceptors (Lipinski definition) is 0. The number of benzene rings is 9. The van der Waals surface area contributed by atoms with Gasteiger partial charge in [-0.2, -0.15) is 0 Å². The van der Waals surface area contributed by atoms with Crippen molar-refractivity contribution >= 4 is 32.3 Å². The van der Waals surface area contributed by atoms with Crippen molar-refractivity contribution in [2.45, 2.75) is 19.3 Å². The monoisotopic (exact) mass is 648 g/mol. The van der Waals surface area contributed by atoms with Gasteiger partial charge in [0.25, 0.3) is 0 Å². The number of hydrogen-bond donors (Lipinski definition) is 0. The summed E-state index contributed by atoms with van der Waals surface area (Å²) in [7, 11) is 0. The summed E-state index contributed by atoms with van der Waals surface area (Å²) in [4.78, 5) is 0. The summed E-state index contributed by atoms with van der Waals surface area (Å²) >= 11 is 0. The zero-order chi connectivity index (χ0) is 34.1. The van der Waals surface area contributed by atoms with E-state index in [0.717, 1.165) is 0 Å². The summed E-state index contributed by atoms with van der Waals surface area (Å²) in [6.45, 7) is 4.75. The first-order chi connectivity index (χ1) is 25.1. The van der Waals surface area contributed by atoms with E-state index in [9.17, 15) is 0 Å². The van der Waals surface area contributed by atoms with E-state index in [1.165, 1.54) is 99.1 Å². The molecule has 0 fully saturated rings. The van der Waals surface area contributed by atoms with Crippen molar-refractivity contribution in [3.05, 3.63) is 193 Å². The van der Waals surface area contributed by atoms with Gasteiger partial charge in [-0.3, -0.25) is 0 Å². The predicted octanol–water partition coefficient (Wildman–Crippen LogP) is 14.1. The Labute approximate surface area is 299 Å². The smallest absolute Gasteiger partial charge is 0.0159 e. The third kappa shape index (κ3) is 4.60. The Bertz CT molecular complexity index is 2760. The first-order valence-electron chi connectivity index (χ1n) is 17.9. The molecular weight excluding hydrogens is 613 g/mol. The van der Waals surface area contributed by atoms with E-state index in [1.807, 2.05) is 0 Å². The molecule has 0 aromatic heterocycles. The van der Waals surface area contributed by atoms with Gasteiger partial charge in [0.1, 0.15) is 0 Å². The maximum atomic E-state index is 2.45. The molecule has 0 radical (unpaired) electrons. The lowest BCUT2D eigenvalue weighted by molar-refractivity contribution is 0.661. The maximum Gasteiger partial charge on any atom is 0.0159 e. The highest BCUT2D eigenvalue weighted by Crippen LogP contribution is 2.52.